The van der Waals surface area contributed by atoms with Gasteiger partial charge in [0.15, 0.2) is 0 Å². The molecule has 0 aliphatic carbocycles. The molecule has 0 bridgehead atoms. The minimum absolute atomic E-state index is 0.356. The molecule has 2 rings (SSSR count). The second-order valence-corrected chi connectivity index (χ2v) is 8.09. The van der Waals surface area contributed by atoms with E-state index in [1.165, 1.54) is 32.2 Å². The van der Waals surface area contributed by atoms with Gasteiger partial charge >= 0.3 is 0 Å². The fourth-order valence-electron chi connectivity index (χ4n) is 4.26. The zero-order chi connectivity index (χ0) is 17.4. The summed E-state index contributed by atoms with van der Waals surface area (Å²) in [6.07, 6.45) is 8.13. The molecule has 0 radical (unpaired) electrons. The van der Waals surface area contributed by atoms with Gasteiger partial charge in [0.25, 0.3) is 0 Å². The zero-order valence-corrected chi connectivity index (χ0v) is 16.0. The number of benzene rings is 1. The molecule has 1 aliphatic heterocycles. The summed E-state index contributed by atoms with van der Waals surface area (Å²) >= 11 is 0. The van der Waals surface area contributed by atoms with Crippen molar-refractivity contribution in [2.24, 2.45) is 11.8 Å². The average molecular weight is 332 g/mol. The first kappa shape index (κ1) is 19.5. The van der Waals surface area contributed by atoms with Crippen molar-refractivity contribution in [3.8, 4) is 0 Å². The zero-order valence-electron chi connectivity index (χ0n) is 16.0. The second-order valence-electron chi connectivity index (χ2n) is 8.09. The third kappa shape index (κ3) is 5.32. The summed E-state index contributed by atoms with van der Waals surface area (Å²) in [5.74, 6) is 1.05. The molecule has 2 heteroatoms. The highest BCUT2D eigenvalue weighted by Crippen LogP contribution is 2.39. The maximum atomic E-state index is 11.7. The fourth-order valence-corrected chi connectivity index (χ4v) is 4.26. The lowest BCUT2D eigenvalue weighted by Gasteiger charge is -2.43. The maximum absolute atomic E-state index is 11.7. The number of hydrogen-bond donors (Lipinski definition) is 1. The third-order valence-electron chi connectivity index (χ3n) is 5.49. The molecule has 1 aromatic carbocycles. The minimum Gasteiger partial charge on any atom is -0.385 e. The van der Waals surface area contributed by atoms with Crippen LogP contribution in [0.25, 0.3) is 0 Å². The van der Waals surface area contributed by atoms with E-state index in [1.54, 1.807) is 0 Å². The molecular formula is C22H37NO. The van der Waals surface area contributed by atoms with Crippen LogP contribution >= 0.6 is 0 Å². The number of unbranched alkanes of at least 4 members (excludes halogenated alkanes) is 3. The summed E-state index contributed by atoms with van der Waals surface area (Å²) < 4.78 is 0. The lowest BCUT2D eigenvalue weighted by Crippen LogP contribution is -2.47. The SMILES string of the molecule is CCCCCCC(O)(c1ccccc1)C1CCCN(CC(C)C)C1. The molecule has 1 aliphatic rings. The molecule has 1 saturated heterocycles. The molecule has 2 nitrogen and oxygen atoms in total. The molecule has 1 heterocycles. The Morgan fingerprint density at radius 2 is 1.92 bits per heavy atom. The number of aliphatic hydroxyl groups is 1. The predicted octanol–water partition coefficient (Wildman–Crippen LogP) is 5.21. The first-order chi connectivity index (χ1) is 11.6. The second kappa shape index (κ2) is 9.58. The number of rotatable bonds is 9. The van der Waals surface area contributed by atoms with Crippen molar-refractivity contribution in [1.82, 2.24) is 4.90 Å². The predicted molar refractivity (Wildman–Crippen MR) is 103 cm³/mol. The van der Waals surface area contributed by atoms with E-state index in [0.717, 1.165) is 37.9 Å². The first-order valence-electron chi connectivity index (χ1n) is 10.1. The lowest BCUT2D eigenvalue weighted by atomic mass is 9.74. The molecular weight excluding hydrogens is 294 g/mol. The van der Waals surface area contributed by atoms with Gasteiger partial charge < -0.3 is 10.0 Å². The molecule has 2 unspecified atom stereocenters. The largest absolute Gasteiger partial charge is 0.385 e. The molecule has 2 atom stereocenters. The van der Waals surface area contributed by atoms with E-state index in [9.17, 15) is 5.11 Å². The highest BCUT2D eigenvalue weighted by atomic mass is 16.3. The summed E-state index contributed by atoms with van der Waals surface area (Å²) in [6, 6.07) is 10.4. The Kier molecular flexibility index (Phi) is 7.77. The van der Waals surface area contributed by atoms with Crippen LogP contribution in [0.1, 0.15) is 71.3 Å². The summed E-state index contributed by atoms with van der Waals surface area (Å²) in [5, 5.41) is 11.7. The van der Waals surface area contributed by atoms with Crippen molar-refractivity contribution in [1.29, 1.82) is 0 Å². The van der Waals surface area contributed by atoms with E-state index in [0.29, 0.717) is 11.8 Å². The summed E-state index contributed by atoms with van der Waals surface area (Å²) in [6.45, 7) is 10.2. The molecule has 0 aromatic heterocycles. The molecule has 1 N–H and O–H groups in total. The van der Waals surface area contributed by atoms with E-state index in [1.807, 2.05) is 6.07 Å². The topological polar surface area (TPSA) is 23.5 Å². The van der Waals surface area contributed by atoms with Gasteiger partial charge in [-0.2, -0.15) is 0 Å². The van der Waals surface area contributed by atoms with Crippen LogP contribution < -0.4 is 0 Å². The van der Waals surface area contributed by atoms with E-state index < -0.39 is 5.60 Å². The first-order valence-corrected chi connectivity index (χ1v) is 10.1. The molecule has 0 spiro atoms. The lowest BCUT2D eigenvalue weighted by molar-refractivity contribution is -0.0626. The van der Waals surface area contributed by atoms with Crippen molar-refractivity contribution in [3.63, 3.8) is 0 Å². The number of likely N-dealkylation sites (tertiary alicyclic amines) is 1. The Morgan fingerprint density at radius 3 is 2.58 bits per heavy atom. The monoisotopic (exact) mass is 331 g/mol. The molecule has 1 fully saturated rings. The van der Waals surface area contributed by atoms with Crippen LogP contribution in [0, 0.1) is 11.8 Å². The molecule has 24 heavy (non-hydrogen) atoms. The fraction of sp³-hybridized carbons (Fsp3) is 0.727. The van der Waals surface area contributed by atoms with E-state index in [-0.39, 0.29) is 0 Å². The molecule has 136 valence electrons. The standard InChI is InChI=1S/C22H37NO/c1-4-5-6-10-15-22(24,20-12-8-7-9-13-20)21-14-11-16-23(18-21)17-19(2)3/h7-9,12-13,19,21,24H,4-6,10-11,14-18H2,1-3H3. The van der Waals surface area contributed by atoms with E-state index >= 15 is 0 Å². The Labute approximate surface area is 149 Å². The normalized spacial score (nSPS) is 21.8. The van der Waals surface area contributed by atoms with Crippen molar-refractivity contribution >= 4 is 0 Å². The molecule has 0 saturated carbocycles. The van der Waals surface area contributed by atoms with Crippen LogP contribution in [0.15, 0.2) is 30.3 Å². The van der Waals surface area contributed by atoms with Gasteiger partial charge in [-0.15, -0.1) is 0 Å². The molecule has 0 amide bonds. The number of nitrogens with zero attached hydrogens (tertiary/aromatic N) is 1. The van der Waals surface area contributed by atoms with Crippen LogP contribution in [0.4, 0.5) is 0 Å². The van der Waals surface area contributed by atoms with Gasteiger partial charge in [0, 0.05) is 19.0 Å². The van der Waals surface area contributed by atoms with Gasteiger partial charge in [-0.1, -0.05) is 76.8 Å². The van der Waals surface area contributed by atoms with Crippen molar-refractivity contribution in [2.75, 3.05) is 19.6 Å². The van der Waals surface area contributed by atoms with Crippen LogP contribution in [-0.2, 0) is 5.60 Å². The minimum atomic E-state index is -0.662. The van der Waals surface area contributed by atoms with Crippen molar-refractivity contribution in [3.05, 3.63) is 35.9 Å². The Morgan fingerprint density at radius 1 is 1.17 bits per heavy atom. The van der Waals surface area contributed by atoms with Gasteiger partial charge in [0.1, 0.15) is 0 Å². The van der Waals surface area contributed by atoms with Crippen LogP contribution in [0.2, 0.25) is 0 Å². The Bertz CT molecular complexity index is 458. The smallest absolute Gasteiger partial charge is 0.0936 e. The number of piperidine rings is 1. The van der Waals surface area contributed by atoms with Crippen molar-refractivity contribution in [2.45, 2.75) is 71.3 Å². The van der Waals surface area contributed by atoms with Gasteiger partial charge in [0.05, 0.1) is 5.60 Å². The average Bonchev–Trinajstić information content (AvgIpc) is 2.59. The van der Waals surface area contributed by atoms with Gasteiger partial charge in [-0.3, -0.25) is 0 Å². The van der Waals surface area contributed by atoms with Gasteiger partial charge in [-0.25, -0.2) is 0 Å². The maximum Gasteiger partial charge on any atom is 0.0936 e. The van der Waals surface area contributed by atoms with E-state index in [2.05, 4.69) is 49.9 Å². The van der Waals surface area contributed by atoms with Gasteiger partial charge in [0.2, 0.25) is 0 Å². The van der Waals surface area contributed by atoms with Crippen LogP contribution in [0.3, 0.4) is 0 Å². The third-order valence-corrected chi connectivity index (χ3v) is 5.49. The number of hydrogen-bond acceptors (Lipinski definition) is 2. The summed E-state index contributed by atoms with van der Waals surface area (Å²) in [7, 11) is 0. The highest BCUT2D eigenvalue weighted by Gasteiger charge is 2.39. The van der Waals surface area contributed by atoms with Crippen LogP contribution in [-0.4, -0.2) is 29.6 Å². The Hall–Kier alpha value is -0.860. The van der Waals surface area contributed by atoms with Gasteiger partial charge in [-0.05, 0) is 37.3 Å². The van der Waals surface area contributed by atoms with Crippen molar-refractivity contribution < 1.29 is 5.11 Å². The van der Waals surface area contributed by atoms with Crippen LogP contribution in [0.5, 0.6) is 0 Å². The quantitative estimate of drug-likeness (QED) is 0.628. The van der Waals surface area contributed by atoms with E-state index in [4.69, 9.17) is 0 Å². The molecule has 1 aromatic rings. The summed E-state index contributed by atoms with van der Waals surface area (Å²) in [5.41, 5.74) is 0.461. The Balaban J connectivity index is 2.12. The highest BCUT2D eigenvalue weighted by molar-refractivity contribution is 5.23. The summed E-state index contributed by atoms with van der Waals surface area (Å²) in [4.78, 5) is 2.57.